The summed E-state index contributed by atoms with van der Waals surface area (Å²) in [7, 11) is 2.63. The summed E-state index contributed by atoms with van der Waals surface area (Å²) in [6, 6.07) is 6.07. The maximum Gasteiger partial charge on any atom is 0.261 e. The Morgan fingerprint density at radius 2 is 2.00 bits per heavy atom. The molecule has 142 valence electrons. The molecule has 5 nitrogen and oxygen atoms in total. The molecule has 1 aromatic heterocycles. The zero-order valence-electron chi connectivity index (χ0n) is 16.2. The number of unbranched alkanes of at least 4 members (excludes halogenated alkanes) is 1. The first-order chi connectivity index (χ1) is 12.4. The van der Waals surface area contributed by atoms with Gasteiger partial charge in [-0.1, -0.05) is 45.9 Å². The van der Waals surface area contributed by atoms with Crippen LogP contribution in [0.5, 0.6) is 0 Å². The number of nitrogens with two attached hydrogens (primary N) is 1. The van der Waals surface area contributed by atoms with Crippen LogP contribution in [0, 0.1) is 6.92 Å². The van der Waals surface area contributed by atoms with Crippen molar-refractivity contribution in [2.45, 2.75) is 47.1 Å². The van der Waals surface area contributed by atoms with Gasteiger partial charge in [-0.3, -0.25) is 9.59 Å². The van der Waals surface area contributed by atoms with Gasteiger partial charge in [-0.15, -0.1) is 9.24 Å². The lowest BCUT2D eigenvalue weighted by molar-refractivity contribution is -0.117. The summed E-state index contributed by atoms with van der Waals surface area (Å²) in [5.41, 5.74) is 7.98. The summed E-state index contributed by atoms with van der Waals surface area (Å²) in [4.78, 5) is 24.0. The minimum Gasteiger partial charge on any atom is -0.376 e. The number of fused-ring (bicyclic) bond motifs is 1. The lowest BCUT2D eigenvalue weighted by Crippen LogP contribution is -2.34. The number of nitrogens with one attached hydrogen (secondary N) is 1. The maximum atomic E-state index is 13.0. The Hall–Kier alpha value is -2.13. The first-order valence-corrected chi connectivity index (χ1v) is 9.58. The fourth-order valence-electron chi connectivity index (χ4n) is 2.70. The van der Waals surface area contributed by atoms with Crippen LogP contribution in [-0.2, 0) is 11.3 Å². The van der Waals surface area contributed by atoms with E-state index in [1.807, 2.05) is 39.0 Å². The van der Waals surface area contributed by atoms with Crippen molar-refractivity contribution >= 4 is 37.1 Å². The summed E-state index contributed by atoms with van der Waals surface area (Å²) in [5, 5.41) is 4.61. The van der Waals surface area contributed by atoms with E-state index in [0.717, 1.165) is 34.6 Å². The van der Waals surface area contributed by atoms with E-state index < -0.39 is 5.91 Å². The number of rotatable bonds is 7. The molecule has 0 bridgehead atoms. The first kappa shape index (κ1) is 21.9. The second-order valence-corrected chi connectivity index (χ2v) is 6.50. The molecule has 0 saturated heterocycles. The molecule has 1 amide bonds. The SMILES string of the molecule is C=C(NCC(N)=O)c1c(P)c2ccc(C)cc2n(CCCC)c1=O.CC. The highest BCUT2D eigenvalue weighted by molar-refractivity contribution is 7.28. The molecule has 0 saturated carbocycles. The van der Waals surface area contributed by atoms with Crippen molar-refractivity contribution in [2.24, 2.45) is 5.73 Å². The van der Waals surface area contributed by atoms with Gasteiger partial charge >= 0.3 is 0 Å². The summed E-state index contributed by atoms with van der Waals surface area (Å²) < 4.78 is 1.80. The Morgan fingerprint density at radius 3 is 2.58 bits per heavy atom. The number of carbonyl (C=O) groups is 1. The molecule has 2 rings (SSSR count). The molecule has 0 aliphatic heterocycles. The van der Waals surface area contributed by atoms with Crippen molar-refractivity contribution in [3.8, 4) is 0 Å². The van der Waals surface area contributed by atoms with Crippen molar-refractivity contribution in [2.75, 3.05) is 6.54 Å². The third-order valence-corrected chi connectivity index (χ3v) is 4.58. The smallest absolute Gasteiger partial charge is 0.261 e. The number of pyridine rings is 1. The molecule has 0 aliphatic rings. The molecule has 0 spiro atoms. The van der Waals surface area contributed by atoms with Crippen molar-refractivity contribution < 1.29 is 4.79 Å². The lowest BCUT2D eigenvalue weighted by atomic mass is 10.1. The van der Waals surface area contributed by atoms with Crippen molar-refractivity contribution in [1.29, 1.82) is 0 Å². The Morgan fingerprint density at radius 1 is 1.35 bits per heavy atom. The second-order valence-electron chi connectivity index (χ2n) is 5.92. The molecule has 6 heteroatoms. The fourth-order valence-corrected chi connectivity index (χ4v) is 3.24. The molecule has 0 fully saturated rings. The Bertz CT molecular complexity index is 856. The van der Waals surface area contributed by atoms with Gasteiger partial charge in [0.25, 0.3) is 5.56 Å². The molecule has 0 radical (unpaired) electrons. The predicted molar refractivity (Wildman–Crippen MR) is 115 cm³/mol. The van der Waals surface area contributed by atoms with E-state index in [1.54, 1.807) is 4.57 Å². The van der Waals surface area contributed by atoms with Gasteiger partial charge in [0.05, 0.1) is 17.6 Å². The van der Waals surface area contributed by atoms with Gasteiger partial charge in [0.1, 0.15) is 0 Å². The normalized spacial score (nSPS) is 10.2. The number of carbonyl (C=O) groups excluding carboxylic acids is 1. The average molecular weight is 375 g/mol. The van der Waals surface area contributed by atoms with Crippen LogP contribution in [0.15, 0.2) is 29.6 Å². The van der Waals surface area contributed by atoms with Crippen LogP contribution in [0.25, 0.3) is 16.6 Å². The van der Waals surface area contributed by atoms with Crippen molar-refractivity contribution in [3.63, 3.8) is 0 Å². The largest absolute Gasteiger partial charge is 0.376 e. The number of benzene rings is 1. The molecule has 1 heterocycles. The highest BCUT2D eigenvalue weighted by Gasteiger charge is 2.16. The first-order valence-electron chi connectivity index (χ1n) is 9.00. The van der Waals surface area contributed by atoms with Gasteiger partial charge in [0.15, 0.2) is 0 Å². The topological polar surface area (TPSA) is 77.1 Å². The summed E-state index contributed by atoms with van der Waals surface area (Å²) in [6.45, 7) is 12.6. The lowest BCUT2D eigenvalue weighted by Gasteiger charge is -2.18. The monoisotopic (exact) mass is 375 g/mol. The van der Waals surface area contributed by atoms with E-state index in [4.69, 9.17) is 5.73 Å². The number of nitrogens with zero attached hydrogens (tertiary/aromatic N) is 1. The maximum absolute atomic E-state index is 13.0. The summed E-state index contributed by atoms with van der Waals surface area (Å²) >= 11 is 0. The zero-order chi connectivity index (χ0) is 19.9. The Kier molecular flexibility index (Phi) is 8.53. The van der Waals surface area contributed by atoms with Gasteiger partial charge in [-0.2, -0.15) is 0 Å². The molecule has 0 aliphatic carbocycles. The number of amides is 1. The van der Waals surface area contributed by atoms with Crippen LogP contribution in [-0.4, -0.2) is 17.0 Å². The van der Waals surface area contributed by atoms with Gasteiger partial charge in [-0.05, 0) is 30.3 Å². The number of primary amides is 1. The van der Waals surface area contributed by atoms with Crippen LogP contribution >= 0.6 is 9.24 Å². The third-order valence-electron chi connectivity index (χ3n) is 3.98. The quantitative estimate of drug-likeness (QED) is 0.731. The van der Waals surface area contributed by atoms with Crippen LogP contribution in [0.4, 0.5) is 0 Å². The molecule has 1 atom stereocenters. The highest BCUT2D eigenvalue weighted by atomic mass is 31.0. The minimum atomic E-state index is -0.496. The second kappa shape index (κ2) is 10.1. The minimum absolute atomic E-state index is 0.0523. The van der Waals surface area contributed by atoms with Crippen LogP contribution in [0.2, 0.25) is 0 Å². The predicted octanol–water partition coefficient (Wildman–Crippen LogP) is 2.68. The van der Waals surface area contributed by atoms with Crippen LogP contribution < -0.4 is 21.9 Å². The van der Waals surface area contributed by atoms with E-state index >= 15 is 0 Å². The zero-order valence-corrected chi connectivity index (χ0v) is 17.3. The van der Waals surface area contributed by atoms with E-state index in [-0.39, 0.29) is 12.1 Å². The van der Waals surface area contributed by atoms with Gasteiger partial charge in [0, 0.05) is 17.6 Å². The molecule has 2 aromatic rings. The Balaban J connectivity index is 0.00000163. The third kappa shape index (κ3) is 4.95. The number of hydrogen-bond acceptors (Lipinski definition) is 3. The van der Waals surface area contributed by atoms with E-state index in [9.17, 15) is 9.59 Å². The van der Waals surface area contributed by atoms with Gasteiger partial charge < -0.3 is 15.6 Å². The molecular weight excluding hydrogens is 345 g/mol. The summed E-state index contributed by atoms with van der Waals surface area (Å²) in [5.74, 6) is -0.496. The molecular formula is C20H30N3O2P. The number of aromatic nitrogens is 1. The molecule has 1 unspecified atom stereocenters. The van der Waals surface area contributed by atoms with E-state index in [2.05, 4.69) is 28.1 Å². The molecule has 1 aromatic carbocycles. The Labute approximate surface area is 157 Å². The highest BCUT2D eigenvalue weighted by Crippen LogP contribution is 2.19. The van der Waals surface area contributed by atoms with Gasteiger partial charge in [-0.25, -0.2) is 0 Å². The number of aryl methyl sites for hydroxylation is 2. The summed E-state index contributed by atoms with van der Waals surface area (Å²) in [6.07, 6.45) is 1.92. The van der Waals surface area contributed by atoms with Crippen LogP contribution in [0.3, 0.4) is 0 Å². The van der Waals surface area contributed by atoms with Crippen LogP contribution in [0.1, 0.15) is 44.7 Å². The standard InChI is InChI=1S/C18H24N3O2P.C2H6/c1-4-5-8-21-14-9-11(2)6-7-13(14)17(24)16(18(21)23)12(3)20-10-15(19)22;1-2/h6-7,9,20H,3-5,8,10,24H2,1-2H3,(H2,19,22);1-2H3. The fraction of sp³-hybridized carbons (Fsp3) is 0.400. The number of hydrogen-bond donors (Lipinski definition) is 2. The average Bonchev–Trinajstić information content (AvgIpc) is 2.61. The van der Waals surface area contributed by atoms with E-state index in [0.29, 0.717) is 17.8 Å². The molecule has 3 N–H and O–H groups in total. The van der Waals surface area contributed by atoms with E-state index in [1.165, 1.54) is 0 Å². The molecule has 26 heavy (non-hydrogen) atoms. The van der Waals surface area contributed by atoms with Crippen molar-refractivity contribution in [3.05, 3.63) is 46.3 Å². The van der Waals surface area contributed by atoms with Gasteiger partial charge in [0.2, 0.25) is 5.91 Å². The van der Waals surface area contributed by atoms with Crippen molar-refractivity contribution in [1.82, 2.24) is 9.88 Å².